The number of benzene rings is 4. The zero-order valence-electron chi connectivity index (χ0n) is 39.6. The number of nitrogens with two attached hydrogens (primary N) is 2. The molecule has 3 heterocycles. The molecule has 0 spiro atoms. The minimum atomic E-state index is -1.71. The van der Waals surface area contributed by atoms with Gasteiger partial charge in [0.25, 0.3) is 5.91 Å². The van der Waals surface area contributed by atoms with E-state index in [1.807, 2.05) is 91.0 Å². The second-order valence-corrected chi connectivity index (χ2v) is 18.9. The number of aromatic nitrogens is 1. The van der Waals surface area contributed by atoms with Crippen LogP contribution < -0.4 is 48.7 Å². The number of fused-ring (bicyclic) bond motifs is 3. The third kappa shape index (κ3) is 10.8. The number of primary amides is 1. The van der Waals surface area contributed by atoms with Crippen LogP contribution in [-0.4, -0.2) is 119 Å². The van der Waals surface area contributed by atoms with Crippen LogP contribution in [0.1, 0.15) is 60.8 Å². The van der Waals surface area contributed by atoms with Crippen LogP contribution in [0.4, 0.5) is 4.79 Å². The Morgan fingerprint density at radius 1 is 0.859 bits per heavy atom. The number of imide groups is 1. The first-order valence-electron chi connectivity index (χ1n) is 24.1. The van der Waals surface area contributed by atoms with E-state index in [1.165, 1.54) is 0 Å². The Kier molecular flexibility index (Phi) is 15.1. The van der Waals surface area contributed by atoms with E-state index < -0.39 is 76.9 Å². The van der Waals surface area contributed by atoms with Gasteiger partial charge in [-0.3, -0.25) is 29.4 Å². The Morgan fingerprint density at radius 2 is 1.58 bits per heavy atom. The first-order chi connectivity index (χ1) is 34.2. The van der Waals surface area contributed by atoms with Crippen LogP contribution in [0.3, 0.4) is 0 Å². The molecule has 372 valence electrons. The number of hydrogen-bond donors (Lipinski definition) is 11. The maximum absolute atomic E-state index is 14.9. The molecule has 5 aromatic rings. The Labute approximate surface area is 410 Å². The number of para-hydroxylation sites is 1. The summed E-state index contributed by atoms with van der Waals surface area (Å²) < 4.78 is 0. The highest BCUT2D eigenvalue weighted by atomic mass is 16.2. The van der Waals surface area contributed by atoms with Gasteiger partial charge in [-0.15, -0.1) is 0 Å². The molecule has 2 saturated heterocycles. The molecule has 1 unspecified atom stereocenters. The molecule has 0 bridgehead atoms. The lowest BCUT2D eigenvalue weighted by atomic mass is 9.79. The largest absolute Gasteiger partial charge is 0.370 e. The SMILES string of the molecule is CN[C@@H]1C(=O)N[C@@H](Cc2c[nH]c3ccccc23)C(=O)N[C@H](C(N)=O)CCCCNC1(CCNC(=N)N)CC[C@@H]1NC(=O)N(C2(C(=O)N[C@@H](C=O)Cc3ccc4ccccc4c3)Cc3ccccc3C2)C1=O. The molecule has 0 saturated carbocycles. The number of guanidine groups is 1. The fourth-order valence-corrected chi connectivity index (χ4v) is 10.7. The smallest absolute Gasteiger partial charge is 0.325 e. The number of urea groups is 1. The lowest BCUT2D eigenvalue weighted by molar-refractivity contribution is -0.142. The zero-order chi connectivity index (χ0) is 50.3. The number of H-pyrrole nitrogens is 1. The van der Waals surface area contributed by atoms with Crippen LogP contribution >= 0.6 is 0 Å². The monoisotopic (exact) mass is 966 g/mol. The summed E-state index contributed by atoms with van der Waals surface area (Å²) in [4.78, 5) is 103. The third-order valence-electron chi connectivity index (χ3n) is 14.4. The predicted octanol–water partition coefficient (Wildman–Crippen LogP) is 1.46. The van der Waals surface area contributed by atoms with Crippen LogP contribution in [-0.2, 0) is 54.5 Å². The van der Waals surface area contributed by atoms with Crippen molar-refractivity contribution in [1.82, 2.24) is 47.1 Å². The summed E-state index contributed by atoms with van der Waals surface area (Å²) in [6.07, 6.45) is 4.16. The van der Waals surface area contributed by atoms with Crippen molar-refractivity contribution in [2.24, 2.45) is 11.5 Å². The summed E-state index contributed by atoms with van der Waals surface area (Å²) in [5.74, 6) is -3.47. The fraction of sp³-hybridized carbons (Fsp3) is 0.385. The second kappa shape index (κ2) is 21.6. The number of aromatic amines is 1. The average molecular weight is 967 g/mol. The van der Waals surface area contributed by atoms with Gasteiger partial charge in [0.1, 0.15) is 36.0 Å². The molecular weight excluding hydrogens is 905 g/mol. The Hall–Kier alpha value is -7.64. The van der Waals surface area contributed by atoms with Crippen molar-refractivity contribution in [3.05, 3.63) is 119 Å². The van der Waals surface area contributed by atoms with E-state index in [9.17, 15) is 33.6 Å². The number of nitrogens with one attached hydrogen (secondary N) is 9. The van der Waals surface area contributed by atoms with Crippen molar-refractivity contribution >= 4 is 69.5 Å². The van der Waals surface area contributed by atoms with E-state index in [1.54, 1.807) is 13.2 Å². The van der Waals surface area contributed by atoms with Crippen molar-refractivity contribution in [2.75, 3.05) is 20.1 Å². The molecule has 1 aliphatic carbocycles. The van der Waals surface area contributed by atoms with E-state index in [4.69, 9.17) is 16.9 Å². The molecule has 19 heteroatoms. The zero-order valence-corrected chi connectivity index (χ0v) is 39.6. The standard InChI is InChI=1S/C52H62N12O7/c1-56-43-46(68)62-42(26-36-29-58-39-15-7-6-14-38(36)39)45(67)61-40(44(53)66)16-8-9-22-59-51(43,21-23-57-49(54)55)20-19-41-47(69)64(50(71)63-41)52(27-34-12-4-5-13-35(34)28-52)48(70)60-37(30-65)25-31-17-18-32-10-2-3-11-33(32)24-31/h2-7,10-15,17-18,24,29-30,37,40-43,56,58-59H,8-9,16,19-23,25-28H2,1H3,(H2,53,66)(H,60,70)(H,61,67)(H,62,68)(H,63,71)(H4,54,55,57)/t37-,40+,41+,42+,43-,51?/m1/s1. The summed E-state index contributed by atoms with van der Waals surface area (Å²) in [7, 11) is 1.60. The third-order valence-corrected chi connectivity index (χ3v) is 14.4. The second-order valence-electron chi connectivity index (χ2n) is 18.9. The molecule has 0 radical (unpaired) electrons. The first kappa shape index (κ1) is 49.8. The van der Waals surface area contributed by atoms with Crippen molar-refractivity contribution in [1.29, 1.82) is 5.41 Å². The molecule has 2 aliphatic heterocycles. The number of amides is 7. The van der Waals surface area contributed by atoms with E-state index in [0.717, 1.165) is 48.8 Å². The van der Waals surface area contributed by atoms with E-state index >= 15 is 0 Å². The van der Waals surface area contributed by atoms with Crippen molar-refractivity contribution < 1.29 is 33.6 Å². The molecule has 4 aromatic carbocycles. The fourth-order valence-electron chi connectivity index (χ4n) is 10.7. The number of hydrogen-bond acceptors (Lipinski definition) is 10. The topological polar surface area (TPSA) is 299 Å². The molecule has 1 aromatic heterocycles. The Morgan fingerprint density at radius 3 is 2.30 bits per heavy atom. The number of likely N-dealkylation sites (N-methyl/N-ethyl adjacent to an activating group) is 1. The molecule has 2 fully saturated rings. The van der Waals surface area contributed by atoms with Crippen LogP contribution in [0, 0.1) is 5.41 Å². The van der Waals surface area contributed by atoms with E-state index in [-0.39, 0.29) is 63.9 Å². The first-order valence-corrected chi connectivity index (χ1v) is 24.1. The molecule has 13 N–H and O–H groups in total. The minimum absolute atomic E-state index is 0.00776. The van der Waals surface area contributed by atoms with Crippen molar-refractivity contribution in [3.63, 3.8) is 0 Å². The van der Waals surface area contributed by atoms with Gasteiger partial charge in [0.05, 0.1) is 6.04 Å². The van der Waals surface area contributed by atoms with Crippen LogP contribution in [0.25, 0.3) is 21.7 Å². The van der Waals surface area contributed by atoms with Crippen LogP contribution in [0.15, 0.2) is 97.2 Å². The van der Waals surface area contributed by atoms with Crippen molar-refractivity contribution in [2.45, 2.75) is 105 Å². The average Bonchev–Trinajstić information content (AvgIpc) is 4.04. The van der Waals surface area contributed by atoms with Crippen LogP contribution in [0.5, 0.6) is 0 Å². The summed E-state index contributed by atoms with van der Waals surface area (Å²) in [6.45, 7) is 0.437. The van der Waals surface area contributed by atoms with Crippen molar-refractivity contribution in [3.8, 4) is 0 Å². The summed E-state index contributed by atoms with van der Waals surface area (Å²) >= 11 is 0. The molecule has 8 rings (SSSR count). The number of aldehydes is 1. The molecular formula is C52H62N12O7. The van der Waals surface area contributed by atoms with Gasteiger partial charge in [-0.05, 0) is 97.6 Å². The van der Waals surface area contributed by atoms with Crippen LogP contribution in [0.2, 0.25) is 0 Å². The Bertz CT molecular complexity index is 2820. The maximum Gasteiger partial charge on any atom is 0.325 e. The van der Waals surface area contributed by atoms with Gasteiger partial charge in [-0.25, -0.2) is 9.69 Å². The quantitative estimate of drug-likeness (QED) is 0.0291. The van der Waals surface area contributed by atoms with E-state index in [2.05, 4.69) is 42.2 Å². The Balaban J connectivity index is 1.08. The number of nitrogens with zero attached hydrogens (tertiary/aromatic N) is 1. The highest BCUT2D eigenvalue weighted by Crippen LogP contribution is 2.38. The van der Waals surface area contributed by atoms with E-state index in [0.29, 0.717) is 25.7 Å². The van der Waals surface area contributed by atoms with Gasteiger partial charge in [0.2, 0.25) is 23.6 Å². The highest BCUT2D eigenvalue weighted by Gasteiger charge is 2.58. The predicted molar refractivity (Wildman–Crippen MR) is 268 cm³/mol. The van der Waals surface area contributed by atoms with Gasteiger partial charge in [0.15, 0.2) is 5.96 Å². The molecule has 3 aliphatic rings. The summed E-state index contributed by atoms with van der Waals surface area (Å²) in [6, 6.07) is 22.4. The van der Waals surface area contributed by atoms with Gasteiger partial charge in [0, 0.05) is 48.4 Å². The maximum atomic E-state index is 14.9. The number of rotatable bonds is 16. The minimum Gasteiger partial charge on any atom is -0.370 e. The normalized spacial score (nSPS) is 23.0. The molecule has 7 amide bonds. The summed E-state index contributed by atoms with van der Waals surface area (Å²) in [5, 5.41) is 31.9. The molecule has 19 nitrogen and oxygen atoms in total. The lowest BCUT2D eigenvalue weighted by Gasteiger charge is -2.42. The lowest BCUT2D eigenvalue weighted by Crippen LogP contribution is -2.67. The van der Waals surface area contributed by atoms with Gasteiger partial charge in [-0.2, -0.15) is 0 Å². The number of carbonyl (C=O) groups excluding carboxylic acids is 7. The van der Waals surface area contributed by atoms with Gasteiger partial charge in [-0.1, -0.05) is 84.9 Å². The summed E-state index contributed by atoms with van der Waals surface area (Å²) in [5.41, 5.74) is 12.6. The molecule has 6 atom stereocenters. The van der Waals surface area contributed by atoms with Gasteiger partial charge < -0.3 is 58.5 Å². The highest BCUT2D eigenvalue weighted by molar-refractivity contribution is 6.09. The molecule has 71 heavy (non-hydrogen) atoms. The van der Waals surface area contributed by atoms with Gasteiger partial charge >= 0.3 is 6.03 Å². The number of carbonyl (C=O) groups is 7.